The molecular formula is C19H21ClN2O3. The van der Waals surface area contributed by atoms with Crippen molar-refractivity contribution in [1.82, 2.24) is 10.6 Å². The maximum absolute atomic E-state index is 12.0. The maximum Gasteiger partial charge on any atom is 0.251 e. The molecule has 2 aromatic carbocycles. The number of hydrogen-bond acceptors (Lipinski definition) is 3. The van der Waals surface area contributed by atoms with E-state index >= 15 is 0 Å². The van der Waals surface area contributed by atoms with Gasteiger partial charge in [-0.1, -0.05) is 23.7 Å². The number of carbonyl (C=O) groups is 2. The summed E-state index contributed by atoms with van der Waals surface area (Å²) in [7, 11) is 0. The molecule has 2 rings (SSSR count). The van der Waals surface area contributed by atoms with Crippen molar-refractivity contribution in [2.24, 2.45) is 0 Å². The van der Waals surface area contributed by atoms with Crippen LogP contribution in [-0.4, -0.2) is 31.5 Å². The predicted molar refractivity (Wildman–Crippen MR) is 98.1 cm³/mol. The molecule has 0 aliphatic carbocycles. The average Bonchev–Trinajstić information content (AvgIpc) is 2.61. The largest absolute Gasteiger partial charge is 0.494 e. The molecule has 0 saturated heterocycles. The lowest BCUT2D eigenvalue weighted by Crippen LogP contribution is -2.37. The van der Waals surface area contributed by atoms with Gasteiger partial charge in [-0.3, -0.25) is 9.59 Å². The molecule has 5 nitrogen and oxygen atoms in total. The Bertz CT molecular complexity index is 717. The second-order valence-corrected chi connectivity index (χ2v) is 5.81. The minimum absolute atomic E-state index is 0.0679. The van der Waals surface area contributed by atoms with E-state index in [0.717, 1.165) is 5.56 Å². The first-order chi connectivity index (χ1) is 12.1. The van der Waals surface area contributed by atoms with E-state index in [9.17, 15) is 9.59 Å². The molecule has 0 unspecified atom stereocenters. The van der Waals surface area contributed by atoms with E-state index in [2.05, 4.69) is 10.6 Å². The van der Waals surface area contributed by atoms with Crippen molar-refractivity contribution in [1.29, 1.82) is 0 Å². The van der Waals surface area contributed by atoms with Crippen LogP contribution in [0.4, 0.5) is 0 Å². The SMILES string of the molecule is CCOc1ccc(C(=O)NCC(=O)NCCc2cccc(Cl)c2)cc1. The van der Waals surface area contributed by atoms with Crippen molar-refractivity contribution in [2.75, 3.05) is 19.7 Å². The fraction of sp³-hybridized carbons (Fsp3) is 0.263. The third kappa shape index (κ3) is 6.47. The molecule has 0 fully saturated rings. The normalized spacial score (nSPS) is 10.2. The predicted octanol–water partition coefficient (Wildman–Crippen LogP) is 2.83. The second kappa shape index (κ2) is 9.69. The number of halogens is 1. The van der Waals surface area contributed by atoms with Crippen LogP contribution >= 0.6 is 11.6 Å². The van der Waals surface area contributed by atoms with E-state index < -0.39 is 0 Å². The van der Waals surface area contributed by atoms with E-state index in [4.69, 9.17) is 16.3 Å². The summed E-state index contributed by atoms with van der Waals surface area (Å²) in [4.78, 5) is 23.8. The highest BCUT2D eigenvalue weighted by Crippen LogP contribution is 2.12. The van der Waals surface area contributed by atoms with Gasteiger partial charge in [0.05, 0.1) is 13.2 Å². The zero-order valence-corrected chi connectivity index (χ0v) is 14.8. The molecule has 6 heteroatoms. The Kier molecular flexibility index (Phi) is 7.29. The summed E-state index contributed by atoms with van der Waals surface area (Å²) < 4.78 is 5.32. The van der Waals surface area contributed by atoms with Gasteiger partial charge in [-0.05, 0) is 55.3 Å². The molecule has 0 radical (unpaired) electrons. The van der Waals surface area contributed by atoms with E-state index in [1.807, 2.05) is 25.1 Å². The first kappa shape index (κ1) is 18.8. The van der Waals surface area contributed by atoms with Gasteiger partial charge in [0, 0.05) is 17.1 Å². The van der Waals surface area contributed by atoms with Gasteiger partial charge in [-0.15, -0.1) is 0 Å². The van der Waals surface area contributed by atoms with Crippen LogP contribution in [0, 0.1) is 0 Å². The van der Waals surface area contributed by atoms with Crippen LogP contribution in [-0.2, 0) is 11.2 Å². The van der Waals surface area contributed by atoms with Gasteiger partial charge in [0.1, 0.15) is 5.75 Å². The van der Waals surface area contributed by atoms with Gasteiger partial charge in [0.2, 0.25) is 5.91 Å². The van der Waals surface area contributed by atoms with Crippen LogP contribution < -0.4 is 15.4 Å². The standard InChI is InChI=1S/C19H21ClN2O3/c1-2-25-17-8-6-15(7-9-17)19(24)22-13-18(23)21-11-10-14-4-3-5-16(20)12-14/h3-9,12H,2,10-11,13H2,1H3,(H,21,23)(H,22,24). The van der Waals surface area contributed by atoms with Gasteiger partial charge in [0.25, 0.3) is 5.91 Å². The first-order valence-electron chi connectivity index (χ1n) is 8.10. The van der Waals surface area contributed by atoms with Gasteiger partial charge in [0.15, 0.2) is 0 Å². The number of amides is 2. The van der Waals surface area contributed by atoms with E-state index in [1.54, 1.807) is 30.3 Å². The Morgan fingerprint density at radius 3 is 2.52 bits per heavy atom. The summed E-state index contributed by atoms with van der Waals surface area (Å²) in [5.74, 6) is 0.173. The maximum atomic E-state index is 12.0. The zero-order chi connectivity index (χ0) is 18.1. The monoisotopic (exact) mass is 360 g/mol. The van der Waals surface area contributed by atoms with E-state index in [1.165, 1.54) is 0 Å². The van der Waals surface area contributed by atoms with Gasteiger partial charge in [-0.25, -0.2) is 0 Å². The minimum atomic E-state index is -0.298. The second-order valence-electron chi connectivity index (χ2n) is 5.37. The number of ether oxygens (including phenoxy) is 1. The summed E-state index contributed by atoms with van der Waals surface area (Å²) in [5, 5.41) is 6.03. The van der Waals surface area contributed by atoms with Crippen molar-refractivity contribution >= 4 is 23.4 Å². The fourth-order valence-electron chi connectivity index (χ4n) is 2.23. The van der Waals surface area contributed by atoms with Crippen LogP contribution in [0.15, 0.2) is 48.5 Å². The molecule has 0 aliphatic heterocycles. The highest BCUT2D eigenvalue weighted by Gasteiger charge is 2.08. The van der Waals surface area contributed by atoms with Gasteiger partial charge < -0.3 is 15.4 Å². The summed E-state index contributed by atoms with van der Waals surface area (Å²) in [6.07, 6.45) is 0.680. The lowest BCUT2D eigenvalue weighted by molar-refractivity contribution is -0.120. The Hall–Kier alpha value is -2.53. The van der Waals surface area contributed by atoms with Gasteiger partial charge >= 0.3 is 0 Å². The van der Waals surface area contributed by atoms with Crippen LogP contribution in [0.3, 0.4) is 0 Å². The zero-order valence-electron chi connectivity index (χ0n) is 14.0. The van der Waals surface area contributed by atoms with Gasteiger partial charge in [-0.2, -0.15) is 0 Å². The highest BCUT2D eigenvalue weighted by molar-refractivity contribution is 6.30. The molecule has 0 heterocycles. The lowest BCUT2D eigenvalue weighted by atomic mass is 10.1. The topological polar surface area (TPSA) is 67.4 Å². The van der Waals surface area contributed by atoms with E-state index in [0.29, 0.717) is 35.9 Å². The number of rotatable bonds is 8. The first-order valence-corrected chi connectivity index (χ1v) is 8.48. The third-order valence-electron chi connectivity index (χ3n) is 3.46. The lowest BCUT2D eigenvalue weighted by Gasteiger charge is -2.08. The molecule has 0 bridgehead atoms. The molecular weight excluding hydrogens is 340 g/mol. The molecule has 25 heavy (non-hydrogen) atoms. The van der Waals surface area contributed by atoms with Crippen molar-refractivity contribution in [3.05, 3.63) is 64.7 Å². The summed E-state index contributed by atoms with van der Waals surface area (Å²) in [5.41, 5.74) is 1.53. The Morgan fingerprint density at radius 2 is 1.84 bits per heavy atom. The Labute approximate surface area is 152 Å². The van der Waals surface area contributed by atoms with Crippen molar-refractivity contribution in [3.8, 4) is 5.75 Å². The smallest absolute Gasteiger partial charge is 0.251 e. The van der Waals surface area contributed by atoms with Crippen LogP contribution in [0.5, 0.6) is 5.75 Å². The molecule has 2 aromatic rings. The van der Waals surface area contributed by atoms with E-state index in [-0.39, 0.29) is 18.4 Å². The number of carbonyl (C=O) groups excluding carboxylic acids is 2. The Morgan fingerprint density at radius 1 is 1.08 bits per heavy atom. The quantitative estimate of drug-likeness (QED) is 0.760. The molecule has 0 spiro atoms. The van der Waals surface area contributed by atoms with Crippen LogP contribution in [0.2, 0.25) is 5.02 Å². The molecule has 2 amide bonds. The Balaban J connectivity index is 1.71. The molecule has 2 N–H and O–H groups in total. The average molecular weight is 361 g/mol. The number of nitrogens with one attached hydrogen (secondary N) is 2. The van der Waals surface area contributed by atoms with Crippen LogP contribution in [0.25, 0.3) is 0 Å². The molecule has 0 atom stereocenters. The van der Waals surface area contributed by atoms with Crippen molar-refractivity contribution in [2.45, 2.75) is 13.3 Å². The van der Waals surface area contributed by atoms with Crippen LogP contribution in [0.1, 0.15) is 22.8 Å². The molecule has 0 aliphatic rings. The highest BCUT2D eigenvalue weighted by atomic mass is 35.5. The van der Waals surface area contributed by atoms with Crippen molar-refractivity contribution in [3.63, 3.8) is 0 Å². The molecule has 0 saturated carbocycles. The summed E-state index contributed by atoms with van der Waals surface area (Å²) in [6.45, 7) is 2.88. The molecule has 0 aromatic heterocycles. The number of hydrogen-bond donors (Lipinski definition) is 2. The fourth-order valence-corrected chi connectivity index (χ4v) is 2.45. The third-order valence-corrected chi connectivity index (χ3v) is 3.70. The summed E-state index contributed by atoms with van der Waals surface area (Å²) in [6, 6.07) is 14.3. The van der Waals surface area contributed by atoms with Crippen molar-refractivity contribution < 1.29 is 14.3 Å². The number of benzene rings is 2. The molecule has 132 valence electrons. The minimum Gasteiger partial charge on any atom is -0.494 e. The summed E-state index contributed by atoms with van der Waals surface area (Å²) >= 11 is 5.91.